The van der Waals surface area contributed by atoms with Gasteiger partial charge in [0.05, 0.1) is 15.5 Å². The Labute approximate surface area is 169 Å². The second-order valence-electron chi connectivity index (χ2n) is 6.10. The Bertz CT molecular complexity index is 990. The maximum absolute atomic E-state index is 12.7. The summed E-state index contributed by atoms with van der Waals surface area (Å²) in [5, 5.41) is 2.94. The summed E-state index contributed by atoms with van der Waals surface area (Å²) in [4.78, 5) is 12.6. The van der Waals surface area contributed by atoms with Crippen molar-refractivity contribution in [3.8, 4) is 11.5 Å². The van der Waals surface area contributed by atoms with Crippen molar-refractivity contribution in [2.75, 3.05) is 19.9 Å². The molecule has 0 fully saturated rings. The van der Waals surface area contributed by atoms with Crippen LogP contribution in [0.25, 0.3) is 0 Å². The van der Waals surface area contributed by atoms with Crippen LogP contribution in [0.3, 0.4) is 0 Å². The van der Waals surface area contributed by atoms with Gasteiger partial charge in [0, 0.05) is 19.6 Å². The van der Waals surface area contributed by atoms with E-state index in [0.29, 0.717) is 24.6 Å². The number of amides is 1. The van der Waals surface area contributed by atoms with Gasteiger partial charge in [-0.3, -0.25) is 4.79 Å². The van der Waals surface area contributed by atoms with Crippen LogP contribution in [0.15, 0.2) is 41.3 Å². The van der Waals surface area contributed by atoms with Gasteiger partial charge in [0.25, 0.3) is 5.91 Å². The first-order chi connectivity index (χ1) is 13.4. The van der Waals surface area contributed by atoms with E-state index in [1.165, 1.54) is 22.5 Å². The number of nitrogens with zero attached hydrogens (tertiary/aromatic N) is 1. The zero-order valence-corrected chi connectivity index (χ0v) is 17.1. The van der Waals surface area contributed by atoms with Crippen LogP contribution >= 0.6 is 11.6 Å². The predicted octanol–water partition coefficient (Wildman–Crippen LogP) is 3.03. The highest BCUT2D eigenvalue weighted by Gasteiger charge is 2.24. The number of hydrogen-bond donors (Lipinski definition) is 1. The molecule has 1 amide bonds. The van der Waals surface area contributed by atoms with Crippen LogP contribution in [0.5, 0.6) is 11.5 Å². The molecule has 0 spiro atoms. The van der Waals surface area contributed by atoms with Crippen LogP contribution < -0.4 is 14.8 Å². The Hall–Kier alpha value is -2.29. The fraction of sp³-hybridized carbons (Fsp3) is 0.316. The zero-order chi connectivity index (χ0) is 20.3. The standard InChI is InChI=1S/C19H21ClN2O5S/c1-3-22(4-2)28(24,25)14-6-7-16(20)15(10-14)19(23)21-11-13-5-8-17-18(9-13)27-12-26-17/h5-10H,3-4,11-12H2,1-2H3,(H,21,23). The van der Waals surface area contributed by atoms with Gasteiger partial charge >= 0.3 is 0 Å². The third kappa shape index (κ3) is 4.09. The zero-order valence-electron chi connectivity index (χ0n) is 15.6. The maximum atomic E-state index is 12.7. The van der Waals surface area contributed by atoms with E-state index in [0.717, 1.165) is 5.56 Å². The van der Waals surface area contributed by atoms with Crippen molar-refractivity contribution in [1.29, 1.82) is 0 Å². The summed E-state index contributed by atoms with van der Waals surface area (Å²) >= 11 is 6.14. The van der Waals surface area contributed by atoms with E-state index in [2.05, 4.69) is 5.32 Å². The fourth-order valence-electron chi connectivity index (χ4n) is 2.88. The van der Waals surface area contributed by atoms with Crippen LogP contribution in [-0.4, -0.2) is 38.5 Å². The Kier molecular flexibility index (Phi) is 6.12. The molecule has 0 saturated heterocycles. The molecule has 2 aromatic rings. The third-order valence-electron chi connectivity index (χ3n) is 4.42. The van der Waals surface area contributed by atoms with Crippen LogP contribution in [0, 0.1) is 0 Å². The van der Waals surface area contributed by atoms with Gasteiger partial charge in [-0.25, -0.2) is 8.42 Å². The minimum absolute atomic E-state index is 0.0360. The number of halogens is 1. The van der Waals surface area contributed by atoms with Crippen LogP contribution in [0.2, 0.25) is 5.02 Å². The van der Waals surface area contributed by atoms with Gasteiger partial charge in [-0.05, 0) is 35.9 Å². The number of sulfonamides is 1. The lowest BCUT2D eigenvalue weighted by Crippen LogP contribution is -2.31. The minimum atomic E-state index is -3.68. The minimum Gasteiger partial charge on any atom is -0.454 e. The molecule has 0 bridgehead atoms. The highest BCUT2D eigenvalue weighted by molar-refractivity contribution is 7.89. The fourth-order valence-corrected chi connectivity index (χ4v) is 4.57. The van der Waals surface area contributed by atoms with Gasteiger partial charge < -0.3 is 14.8 Å². The number of benzene rings is 2. The van der Waals surface area contributed by atoms with Gasteiger partial charge in [-0.2, -0.15) is 4.31 Å². The largest absolute Gasteiger partial charge is 0.454 e. The molecule has 1 N–H and O–H groups in total. The molecule has 28 heavy (non-hydrogen) atoms. The highest BCUT2D eigenvalue weighted by Crippen LogP contribution is 2.32. The molecular formula is C19H21ClN2O5S. The van der Waals surface area contributed by atoms with Gasteiger partial charge in [0.1, 0.15) is 0 Å². The molecule has 1 heterocycles. The monoisotopic (exact) mass is 424 g/mol. The van der Waals surface area contributed by atoms with Crippen LogP contribution in [0.4, 0.5) is 0 Å². The first-order valence-electron chi connectivity index (χ1n) is 8.83. The van der Waals surface area contributed by atoms with Gasteiger partial charge in [0.2, 0.25) is 16.8 Å². The quantitative estimate of drug-likeness (QED) is 0.738. The lowest BCUT2D eigenvalue weighted by molar-refractivity contribution is 0.0950. The van der Waals surface area contributed by atoms with Crippen molar-refractivity contribution in [2.45, 2.75) is 25.3 Å². The average Bonchev–Trinajstić information content (AvgIpc) is 3.15. The molecule has 0 aromatic heterocycles. The predicted molar refractivity (Wildman–Crippen MR) is 105 cm³/mol. The van der Waals surface area contributed by atoms with E-state index in [9.17, 15) is 13.2 Å². The van der Waals surface area contributed by atoms with Crippen molar-refractivity contribution < 1.29 is 22.7 Å². The number of carbonyl (C=O) groups excluding carboxylic acids is 1. The van der Waals surface area contributed by atoms with Crippen LogP contribution in [-0.2, 0) is 16.6 Å². The molecule has 0 radical (unpaired) electrons. The van der Waals surface area contributed by atoms with E-state index >= 15 is 0 Å². The molecule has 1 aliphatic heterocycles. The molecule has 1 aliphatic rings. The summed E-state index contributed by atoms with van der Waals surface area (Å²) in [5.74, 6) is 0.823. The Balaban J connectivity index is 1.78. The Morgan fingerprint density at radius 3 is 2.54 bits per heavy atom. The van der Waals surface area contributed by atoms with Crippen LogP contribution in [0.1, 0.15) is 29.8 Å². The summed E-state index contributed by atoms with van der Waals surface area (Å²) in [7, 11) is -3.68. The first-order valence-corrected chi connectivity index (χ1v) is 10.6. The third-order valence-corrected chi connectivity index (χ3v) is 6.79. The number of carbonyl (C=O) groups is 1. The van der Waals surface area contributed by atoms with E-state index in [4.69, 9.17) is 21.1 Å². The van der Waals surface area contributed by atoms with E-state index in [1.54, 1.807) is 26.0 Å². The number of rotatable bonds is 7. The van der Waals surface area contributed by atoms with Gasteiger partial charge in [-0.1, -0.05) is 31.5 Å². The van der Waals surface area contributed by atoms with Gasteiger partial charge in [0.15, 0.2) is 11.5 Å². The summed E-state index contributed by atoms with van der Waals surface area (Å²) in [6, 6.07) is 9.51. The van der Waals surface area contributed by atoms with Crippen molar-refractivity contribution >= 4 is 27.5 Å². The number of nitrogens with one attached hydrogen (secondary N) is 1. The molecule has 0 unspecified atom stereocenters. The molecule has 7 nitrogen and oxygen atoms in total. The summed E-state index contributed by atoms with van der Waals surface area (Å²) in [5.41, 5.74) is 0.927. The number of hydrogen-bond acceptors (Lipinski definition) is 5. The lowest BCUT2D eigenvalue weighted by Gasteiger charge is -2.19. The number of fused-ring (bicyclic) bond motifs is 1. The summed E-state index contributed by atoms with van der Waals surface area (Å²) < 4.78 is 37.3. The Morgan fingerprint density at radius 2 is 1.82 bits per heavy atom. The van der Waals surface area contributed by atoms with E-state index < -0.39 is 15.9 Å². The Morgan fingerprint density at radius 1 is 1.11 bits per heavy atom. The average molecular weight is 425 g/mol. The molecule has 0 aliphatic carbocycles. The molecule has 2 aromatic carbocycles. The topological polar surface area (TPSA) is 84.9 Å². The normalized spacial score (nSPS) is 13.0. The van der Waals surface area contributed by atoms with E-state index in [1.807, 2.05) is 6.07 Å². The second-order valence-corrected chi connectivity index (χ2v) is 8.45. The SMILES string of the molecule is CCN(CC)S(=O)(=O)c1ccc(Cl)c(C(=O)NCc2ccc3c(c2)OCO3)c1. The molecule has 0 atom stereocenters. The van der Waals surface area contributed by atoms with Crippen molar-refractivity contribution in [3.63, 3.8) is 0 Å². The number of ether oxygens (including phenoxy) is 2. The highest BCUT2D eigenvalue weighted by atomic mass is 35.5. The van der Waals surface area contributed by atoms with Gasteiger partial charge in [-0.15, -0.1) is 0 Å². The molecule has 150 valence electrons. The molecular weight excluding hydrogens is 404 g/mol. The summed E-state index contributed by atoms with van der Waals surface area (Å²) in [6.07, 6.45) is 0. The molecule has 9 heteroatoms. The second kappa shape index (κ2) is 8.38. The molecule has 3 rings (SSSR count). The van der Waals surface area contributed by atoms with Crippen molar-refractivity contribution in [2.24, 2.45) is 0 Å². The summed E-state index contributed by atoms with van der Waals surface area (Å²) in [6.45, 7) is 4.61. The van der Waals surface area contributed by atoms with Crippen molar-refractivity contribution in [1.82, 2.24) is 9.62 Å². The van der Waals surface area contributed by atoms with E-state index in [-0.39, 0.29) is 28.8 Å². The van der Waals surface area contributed by atoms with Crippen molar-refractivity contribution in [3.05, 3.63) is 52.5 Å². The maximum Gasteiger partial charge on any atom is 0.253 e. The smallest absolute Gasteiger partial charge is 0.253 e. The lowest BCUT2D eigenvalue weighted by atomic mass is 10.1. The first kappa shape index (κ1) is 20.4. The molecule has 0 saturated carbocycles.